The average Bonchev–Trinajstić information content (AvgIpc) is 2.75. The smallest absolute Gasteiger partial charge is 0.257 e. The van der Waals surface area contributed by atoms with Crippen LogP contribution in [0, 0.1) is 0 Å². The van der Waals surface area contributed by atoms with Crippen molar-refractivity contribution in [1.82, 2.24) is 4.90 Å². The summed E-state index contributed by atoms with van der Waals surface area (Å²) in [7, 11) is 1.54. The van der Waals surface area contributed by atoms with Gasteiger partial charge in [-0.3, -0.25) is 4.79 Å². The molecule has 1 atom stereocenters. The predicted octanol–water partition coefficient (Wildman–Crippen LogP) is 4.10. The number of rotatable bonds is 4. The van der Waals surface area contributed by atoms with E-state index in [1.54, 1.807) is 12.1 Å². The number of nitrogen functional groups attached to an aromatic ring is 1. The lowest BCUT2D eigenvalue weighted by molar-refractivity contribution is 0.0760. The Hall–Kier alpha value is -0.780. The Morgan fingerprint density at radius 3 is 2.87 bits per heavy atom. The maximum atomic E-state index is 12.9. The number of amides is 1. The first kappa shape index (κ1) is 20.3. The second-order valence-electron chi connectivity index (χ2n) is 5.40. The van der Waals surface area contributed by atoms with Crippen molar-refractivity contribution in [2.45, 2.75) is 31.4 Å². The van der Waals surface area contributed by atoms with Gasteiger partial charge in [-0.05, 0) is 24.7 Å². The Labute approximate surface area is 153 Å². The van der Waals surface area contributed by atoms with Crippen molar-refractivity contribution in [2.75, 3.05) is 31.7 Å². The summed E-state index contributed by atoms with van der Waals surface area (Å²) in [6, 6.07) is 3.23. The highest BCUT2D eigenvalue weighted by molar-refractivity contribution is 7.99. The van der Waals surface area contributed by atoms with Gasteiger partial charge in [0.15, 0.2) is 0 Å². The van der Waals surface area contributed by atoms with E-state index in [4.69, 9.17) is 22.1 Å². The lowest BCUT2D eigenvalue weighted by atomic mass is 10.1. The summed E-state index contributed by atoms with van der Waals surface area (Å²) >= 11 is 8.01. The standard InChI is InChI=1S/C16H23ClN2O2S.ClH/c1-3-22-11-6-4-5-7-19(10-11)16(20)12-8-13(17)14(18)9-15(12)21-2;/h8-9,11H,3-7,10,18H2,1-2H3;1H. The fourth-order valence-electron chi connectivity index (χ4n) is 2.73. The molecule has 1 aliphatic rings. The highest BCUT2D eigenvalue weighted by Crippen LogP contribution is 2.31. The predicted molar refractivity (Wildman–Crippen MR) is 101 cm³/mol. The molecule has 1 unspecified atom stereocenters. The van der Waals surface area contributed by atoms with Crippen LogP contribution in [0.1, 0.15) is 36.5 Å². The van der Waals surface area contributed by atoms with Gasteiger partial charge in [0.1, 0.15) is 5.75 Å². The van der Waals surface area contributed by atoms with Crippen molar-refractivity contribution in [3.63, 3.8) is 0 Å². The fourth-order valence-corrected chi connectivity index (χ4v) is 3.99. The second kappa shape index (κ2) is 9.50. The van der Waals surface area contributed by atoms with Crippen LogP contribution in [0.4, 0.5) is 5.69 Å². The van der Waals surface area contributed by atoms with Crippen molar-refractivity contribution < 1.29 is 9.53 Å². The van der Waals surface area contributed by atoms with Crippen molar-refractivity contribution in [2.24, 2.45) is 0 Å². The molecule has 0 aromatic heterocycles. The molecule has 1 amide bonds. The Balaban J connectivity index is 0.00000264. The van der Waals surface area contributed by atoms with Gasteiger partial charge < -0.3 is 15.4 Å². The number of likely N-dealkylation sites (tertiary alicyclic amines) is 1. The molecule has 0 saturated carbocycles. The molecule has 1 aromatic rings. The zero-order chi connectivity index (χ0) is 16.1. The maximum absolute atomic E-state index is 12.9. The van der Waals surface area contributed by atoms with Gasteiger partial charge in [0.25, 0.3) is 5.91 Å². The zero-order valence-corrected chi connectivity index (χ0v) is 15.9. The number of nitrogens with two attached hydrogens (primary N) is 1. The molecular weight excluding hydrogens is 355 g/mol. The number of anilines is 1. The van der Waals surface area contributed by atoms with E-state index < -0.39 is 0 Å². The van der Waals surface area contributed by atoms with Crippen LogP contribution in [0.2, 0.25) is 5.02 Å². The SMILES string of the molecule is CCSC1CCCCN(C(=O)c2cc(Cl)c(N)cc2OC)C1.Cl. The van der Waals surface area contributed by atoms with E-state index >= 15 is 0 Å². The summed E-state index contributed by atoms with van der Waals surface area (Å²) in [6.45, 7) is 3.72. The van der Waals surface area contributed by atoms with E-state index in [9.17, 15) is 4.79 Å². The van der Waals surface area contributed by atoms with E-state index in [-0.39, 0.29) is 18.3 Å². The van der Waals surface area contributed by atoms with Crippen LogP contribution in [-0.4, -0.2) is 42.0 Å². The molecule has 1 aliphatic heterocycles. The zero-order valence-electron chi connectivity index (χ0n) is 13.5. The van der Waals surface area contributed by atoms with Crippen LogP contribution in [0.25, 0.3) is 0 Å². The van der Waals surface area contributed by atoms with Crippen molar-refractivity contribution >= 4 is 47.4 Å². The van der Waals surface area contributed by atoms with Crippen LogP contribution in [0.3, 0.4) is 0 Å². The third-order valence-corrected chi connectivity index (χ3v) is 5.38. The van der Waals surface area contributed by atoms with E-state index in [1.165, 1.54) is 20.0 Å². The number of methoxy groups -OCH3 is 1. The number of hydrogen-bond acceptors (Lipinski definition) is 4. The monoisotopic (exact) mass is 378 g/mol. The average molecular weight is 379 g/mol. The van der Waals surface area contributed by atoms with Gasteiger partial charge in [0.05, 0.1) is 23.4 Å². The Kier molecular flexibility index (Phi) is 8.37. The summed E-state index contributed by atoms with van der Waals surface area (Å²) < 4.78 is 5.31. The Morgan fingerprint density at radius 2 is 2.22 bits per heavy atom. The minimum absolute atomic E-state index is 0. The summed E-state index contributed by atoms with van der Waals surface area (Å²) in [5.74, 6) is 1.53. The van der Waals surface area contributed by atoms with E-state index in [0.29, 0.717) is 27.3 Å². The molecule has 0 radical (unpaired) electrons. The fraction of sp³-hybridized carbons (Fsp3) is 0.562. The van der Waals surface area contributed by atoms with Crippen molar-refractivity contribution in [3.05, 3.63) is 22.7 Å². The van der Waals surface area contributed by atoms with Gasteiger partial charge >= 0.3 is 0 Å². The molecule has 1 heterocycles. The number of carbonyl (C=O) groups excluding carboxylic acids is 1. The number of carbonyl (C=O) groups is 1. The number of thioether (sulfide) groups is 1. The van der Waals surface area contributed by atoms with Gasteiger partial charge in [-0.2, -0.15) is 11.8 Å². The number of ether oxygens (including phenoxy) is 1. The largest absolute Gasteiger partial charge is 0.496 e. The summed E-state index contributed by atoms with van der Waals surface area (Å²) in [6.07, 6.45) is 3.38. The van der Waals surface area contributed by atoms with Crippen LogP contribution in [0.15, 0.2) is 12.1 Å². The van der Waals surface area contributed by atoms with Gasteiger partial charge in [0, 0.05) is 24.4 Å². The van der Waals surface area contributed by atoms with Gasteiger partial charge in [-0.15, -0.1) is 12.4 Å². The number of halogens is 2. The second-order valence-corrected chi connectivity index (χ2v) is 7.38. The lowest BCUT2D eigenvalue weighted by Gasteiger charge is -2.25. The third-order valence-electron chi connectivity index (χ3n) is 3.87. The first-order valence-corrected chi connectivity index (χ1v) is 9.03. The first-order chi connectivity index (χ1) is 10.6. The highest BCUT2D eigenvalue weighted by atomic mass is 35.5. The molecule has 130 valence electrons. The Morgan fingerprint density at radius 1 is 1.48 bits per heavy atom. The first-order valence-electron chi connectivity index (χ1n) is 7.60. The third kappa shape index (κ3) is 5.10. The molecule has 7 heteroatoms. The lowest BCUT2D eigenvalue weighted by Crippen LogP contribution is -2.35. The number of hydrogen-bond donors (Lipinski definition) is 1. The highest BCUT2D eigenvalue weighted by Gasteiger charge is 2.25. The van der Waals surface area contributed by atoms with Crippen LogP contribution in [-0.2, 0) is 0 Å². The number of benzene rings is 1. The molecule has 23 heavy (non-hydrogen) atoms. The minimum Gasteiger partial charge on any atom is -0.496 e. The van der Waals surface area contributed by atoms with E-state index in [2.05, 4.69) is 6.92 Å². The molecule has 0 spiro atoms. The maximum Gasteiger partial charge on any atom is 0.257 e. The summed E-state index contributed by atoms with van der Waals surface area (Å²) in [4.78, 5) is 14.8. The van der Waals surface area contributed by atoms with Gasteiger partial charge in [0.2, 0.25) is 0 Å². The molecule has 2 N–H and O–H groups in total. The summed E-state index contributed by atoms with van der Waals surface area (Å²) in [5, 5.41) is 0.894. The molecule has 0 aliphatic carbocycles. The molecule has 1 fully saturated rings. The molecule has 0 bridgehead atoms. The quantitative estimate of drug-likeness (QED) is 0.801. The molecule has 2 rings (SSSR count). The molecule has 1 aromatic carbocycles. The van der Waals surface area contributed by atoms with Crippen molar-refractivity contribution in [3.8, 4) is 5.75 Å². The molecule has 4 nitrogen and oxygen atoms in total. The normalized spacial score (nSPS) is 18.0. The topological polar surface area (TPSA) is 55.6 Å². The molecular formula is C16H24Cl2N2O2S. The van der Waals surface area contributed by atoms with Crippen LogP contribution < -0.4 is 10.5 Å². The minimum atomic E-state index is -0.0256. The van der Waals surface area contributed by atoms with Gasteiger partial charge in [-0.25, -0.2) is 0 Å². The van der Waals surface area contributed by atoms with E-state index in [0.717, 1.165) is 25.3 Å². The van der Waals surface area contributed by atoms with Crippen molar-refractivity contribution in [1.29, 1.82) is 0 Å². The summed E-state index contributed by atoms with van der Waals surface area (Å²) in [5.41, 5.74) is 6.70. The Bertz CT molecular complexity index is 543. The van der Waals surface area contributed by atoms with Crippen LogP contribution in [0.5, 0.6) is 5.75 Å². The van der Waals surface area contributed by atoms with Gasteiger partial charge in [-0.1, -0.05) is 24.9 Å². The van der Waals surface area contributed by atoms with E-state index in [1.807, 2.05) is 16.7 Å². The van der Waals surface area contributed by atoms with Crippen LogP contribution >= 0.6 is 35.8 Å². The number of nitrogens with zero attached hydrogens (tertiary/aromatic N) is 1. The molecule has 1 saturated heterocycles.